The average Bonchev–Trinajstić information content (AvgIpc) is 1.86. The summed E-state index contributed by atoms with van der Waals surface area (Å²) < 4.78 is 36.2. The Morgan fingerprint density at radius 2 is 1.73 bits per heavy atom. The molecule has 1 rings (SSSR count). The standard InChI is InChI=1S/C7H10F3N/c8-7(9,10)5-3-1-2-4-6(5)11/h1-2,5-6H,3-4,11H2/t5-,6-/m0/s1. The molecule has 0 fully saturated rings. The Balaban J connectivity index is 2.64. The second-order valence-corrected chi connectivity index (χ2v) is 2.75. The van der Waals surface area contributed by atoms with Gasteiger partial charge in [0.2, 0.25) is 0 Å². The summed E-state index contributed by atoms with van der Waals surface area (Å²) in [5, 5.41) is 0. The molecule has 0 bridgehead atoms. The maximum Gasteiger partial charge on any atom is 0.393 e. The Morgan fingerprint density at radius 3 is 2.09 bits per heavy atom. The van der Waals surface area contributed by atoms with Crippen molar-refractivity contribution in [2.45, 2.75) is 25.1 Å². The molecule has 1 nitrogen and oxygen atoms in total. The first-order chi connectivity index (χ1) is 5.02. The molecule has 0 aromatic rings. The van der Waals surface area contributed by atoms with Gasteiger partial charge in [0.1, 0.15) is 0 Å². The van der Waals surface area contributed by atoms with E-state index in [1.807, 2.05) is 0 Å². The molecule has 0 unspecified atom stereocenters. The number of rotatable bonds is 0. The molecule has 2 atom stereocenters. The lowest BCUT2D eigenvalue weighted by molar-refractivity contribution is -0.179. The van der Waals surface area contributed by atoms with E-state index in [9.17, 15) is 13.2 Å². The summed E-state index contributed by atoms with van der Waals surface area (Å²) in [6, 6.07) is -0.750. The Hall–Kier alpha value is -0.510. The monoisotopic (exact) mass is 165 g/mol. The molecule has 0 saturated heterocycles. The molecule has 0 aromatic heterocycles. The molecule has 0 heterocycles. The third-order valence-corrected chi connectivity index (χ3v) is 1.90. The molecular weight excluding hydrogens is 155 g/mol. The van der Waals surface area contributed by atoms with Gasteiger partial charge in [-0.2, -0.15) is 13.2 Å². The highest BCUT2D eigenvalue weighted by molar-refractivity contribution is 4.98. The Labute approximate surface area is 63.1 Å². The van der Waals surface area contributed by atoms with Gasteiger partial charge < -0.3 is 5.73 Å². The number of halogens is 3. The molecule has 1 aliphatic carbocycles. The molecule has 0 aromatic carbocycles. The Bertz CT molecular complexity index is 162. The van der Waals surface area contributed by atoms with Crippen molar-refractivity contribution >= 4 is 0 Å². The summed E-state index contributed by atoms with van der Waals surface area (Å²) in [7, 11) is 0. The minimum absolute atomic E-state index is 0.0324. The molecule has 0 aliphatic heterocycles. The van der Waals surface area contributed by atoms with Gasteiger partial charge in [0.05, 0.1) is 5.92 Å². The van der Waals surface area contributed by atoms with E-state index >= 15 is 0 Å². The van der Waals surface area contributed by atoms with E-state index in [1.54, 1.807) is 12.2 Å². The fourth-order valence-electron chi connectivity index (χ4n) is 1.21. The van der Waals surface area contributed by atoms with Gasteiger partial charge in [-0.05, 0) is 12.8 Å². The highest BCUT2D eigenvalue weighted by atomic mass is 19.4. The molecule has 4 heteroatoms. The van der Waals surface area contributed by atoms with Crippen LogP contribution >= 0.6 is 0 Å². The van der Waals surface area contributed by atoms with E-state index in [4.69, 9.17) is 5.73 Å². The lowest BCUT2D eigenvalue weighted by Gasteiger charge is -2.26. The van der Waals surface area contributed by atoms with Gasteiger partial charge in [-0.3, -0.25) is 0 Å². The quantitative estimate of drug-likeness (QED) is 0.544. The average molecular weight is 165 g/mol. The van der Waals surface area contributed by atoms with Crippen molar-refractivity contribution < 1.29 is 13.2 Å². The van der Waals surface area contributed by atoms with Gasteiger partial charge in [-0.25, -0.2) is 0 Å². The molecule has 2 N–H and O–H groups in total. The molecule has 11 heavy (non-hydrogen) atoms. The molecule has 0 spiro atoms. The Kier molecular flexibility index (Phi) is 2.23. The van der Waals surface area contributed by atoms with Crippen LogP contribution in [0.3, 0.4) is 0 Å². The summed E-state index contributed by atoms with van der Waals surface area (Å²) in [4.78, 5) is 0. The maximum absolute atomic E-state index is 12.1. The Morgan fingerprint density at radius 1 is 1.18 bits per heavy atom. The molecule has 0 radical (unpaired) electrons. The predicted octanol–water partition coefficient (Wildman–Crippen LogP) is 1.84. The van der Waals surface area contributed by atoms with Crippen LogP contribution in [-0.4, -0.2) is 12.2 Å². The van der Waals surface area contributed by atoms with Gasteiger partial charge in [0, 0.05) is 6.04 Å². The zero-order valence-corrected chi connectivity index (χ0v) is 5.93. The topological polar surface area (TPSA) is 26.0 Å². The lowest BCUT2D eigenvalue weighted by Crippen LogP contribution is -2.40. The summed E-state index contributed by atoms with van der Waals surface area (Å²) in [6.45, 7) is 0. The van der Waals surface area contributed by atoms with Crippen molar-refractivity contribution in [2.75, 3.05) is 0 Å². The minimum Gasteiger partial charge on any atom is -0.327 e. The van der Waals surface area contributed by atoms with Crippen molar-refractivity contribution in [1.82, 2.24) is 0 Å². The maximum atomic E-state index is 12.1. The van der Waals surface area contributed by atoms with E-state index in [1.165, 1.54) is 0 Å². The van der Waals surface area contributed by atoms with Crippen LogP contribution in [0, 0.1) is 5.92 Å². The molecular formula is C7H10F3N. The number of hydrogen-bond acceptors (Lipinski definition) is 1. The van der Waals surface area contributed by atoms with Crippen LogP contribution in [0.4, 0.5) is 13.2 Å². The van der Waals surface area contributed by atoms with Crippen LogP contribution in [0.1, 0.15) is 12.8 Å². The third-order valence-electron chi connectivity index (χ3n) is 1.90. The normalized spacial score (nSPS) is 32.4. The van der Waals surface area contributed by atoms with Crippen LogP contribution in [0.2, 0.25) is 0 Å². The van der Waals surface area contributed by atoms with E-state index in [0.29, 0.717) is 6.42 Å². The second-order valence-electron chi connectivity index (χ2n) is 2.75. The van der Waals surface area contributed by atoms with Crippen LogP contribution in [0.15, 0.2) is 12.2 Å². The van der Waals surface area contributed by atoms with Gasteiger partial charge in [0.15, 0.2) is 0 Å². The summed E-state index contributed by atoms with van der Waals surface area (Å²) in [6.07, 6.45) is -0.520. The fourth-order valence-corrected chi connectivity index (χ4v) is 1.21. The zero-order chi connectivity index (χ0) is 8.48. The van der Waals surface area contributed by atoms with Crippen LogP contribution in [0.5, 0.6) is 0 Å². The van der Waals surface area contributed by atoms with Crippen molar-refractivity contribution in [3.63, 3.8) is 0 Å². The van der Waals surface area contributed by atoms with E-state index in [0.717, 1.165) is 0 Å². The largest absolute Gasteiger partial charge is 0.393 e. The molecule has 0 amide bonds. The van der Waals surface area contributed by atoms with Gasteiger partial charge in [0.25, 0.3) is 0 Å². The molecule has 64 valence electrons. The number of hydrogen-bond donors (Lipinski definition) is 1. The van der Waals surface area contributed by atoms with E-state index < -0.39 is 18.1 Å². The predicted molar refractivity (Wildman–Crippen MR) is 35.9 cm³/mol. The summed E-state index contributed by atoms with van der Waals surface area (Å²) in [5.41, 5.74) is 5.29. The molecule has 1 aliphatic rings. The first-order valence-electron chi connectivity index (χ1n) is 3.49. The smallest absolute Gasteiger partial charge is 0.327 e. The van der Waals surface area contributed by atoms with Gasteiger partial charge >= 0.3 is 6.18 Å². The first kappa shape index (κ1) is 8.59. The fraction of sp³-hybridized carbons (Fsp3) is 0.714. The number of alkyl halides is 3. The highest BCUT2D eigenvalue weighted by Crippen LogP contribution is 2.34. The lowest BCUT2D eigenvalue weighted by atomic mass is 9.89. The van der Waals surface area contributed by atoms with Crippen LogP contribution in [-0.2, 0) is 0 Å². The minimum atomic E-state index is -4.13. The number of allylic oxidation sites excluding steroid dienone is 1. The molecule has 0 saturated carbocycles. The van der Waals surface area contributed by atoms with Gasteiger partial charge in [-0.1, -0.05) is 12.2 Å². The number of nitrogens with two attached hydrogens (primary N) is 1. The summed E-state index contributed by atoms with van der Waals surface area (Å²) >= 11 is 0. The zero-order valence-electron chi connectivity index (χ0n) is 5.93. The van der Waals surface area contributed by atoms with Crippen molar-refractivity contribution in [1.29, 1.82) is 0 Å². The highest BCUT2D eigenvalue weighted by Gasteiger charge is 2.42. The van der Waals surface area contributed by atoms with Crippen molar-refractivity contribution in [2.24, 2.45) is 11.7 Å². The SMILES string of the molecule is N[C@H]1CC=CC[C@@H]1C(F)(F)F. The van der Waals surface area contributed by atoms with Crippen LogP contribution in [0.25, 0.3) is 0 Å². The third kappa shape index (κ3) is 1.96. The summed E-state index contributed by atoms with van der Waals surface area (Å²) in [5.74, 6) is -1.34. The van der Waals surface area contributed by atoms with E-state index in [-0.39, 0.29) is 6.42 Å². The van der Waals surface area contributed by atoms with Gasteiger partial charge in [-0.15, -0.1) is 0 Å². The van der Waals surface area contributed by atoms with Crippen LogP contribution < -0.4 is 5.73 Å². The second kappa shape index (κ2) is 2.85. The van der Waals surface area contributed by atoms with Crippen molar-refractivity contribution in [3.8, 4) is 0 Å². The first-order valence-corrected chi connectivity index (χ1v) is 3.49. The van der Waals surface area contributed by atoms with Crippen molar-refractivity contribution in [3.05, 3.63) is 12.2 Å². The van der Waals surface area contributed by atoms with E-state index in [2.05, 4.69) is 0 Å².